The van der Waals surface area contributed by atoms with Crippen molar-refractivity contribution in [3.05, 3.63) is 35.1 Å². The van der Waals surface area contributed by atoms with Crippen LogP contribution in [0.5, 0.6) is 0 Å². The molecule has 0 radical (unpaired) electrons. The molecule has 1 rings (SSSR count). The van der Waals surface area contributed by atoms with Gasteiger partial charge in [0.25, 0.3) is 0 Å². The van der Waals surface area contributed by atoms with E-state index in [-0.39, 0.29) is 12.0 Å². The van der Waals surface area contributed by atoms with Crippen LogP contribution in [0.2, 0.25) is 0 Å². The van der Waals surface area contributed by atoms with Crippen molar-refractivity contribution in [3.8, 4) is 11.8 Å². The van der Waals surface area contributed by atoms with Crippen LogP contribution in [0, 0.1) is 17.7 Å². The van der Waals surface area contributed by atoms with Crippen LogP contribution < -0.4 is 0 Å². The van der Waals surface area contributed by atoms with Crippen molar-refractivity contribution < 1.29 is 24.2 Å². The fourth-order valence-corrected chi connectivity index (χ4v) is 0.988. The lowest BCUT2D eigenvalue weighted by Gasteiger charge is -1.96. The summed E-state index contributed by atoms with van der Waals surface area (Å²) in [5.41, 5.74) is -0.201. The fourth-order valence-electron chi connectivity index (χ4n) is 0.988. The van der Waals surface area contributed by atoms with Crippen molar-refractivity contribution >= 4 is 11.9 Å². The van der Waals surface area contributed by atoms with Crippen LogP contribution in [0.4, 0.5) is 4.39 Å². The first-order valence-corrected chi connectivity index (χ1v) is 4.24. The molecule has 5 heteroatoms. The minimum Gasteiger partial charge on any atom is -0.481 e. The van der Waals surface area contributed by atoms with E-state index in [0.717, 1.165) is 12.1 Å². The van der Waals surface area contributed by atoms with Gasteiger partial charge in [0.05, 0.1) is 5.56 Å². The van der Waals surface area contributed by atoms with Gasteiger partial charge in [-0.15, -0.1) is 0 Å². The van der Waals surface area contributed by atoms with Gasteiger partial charge in [0.1, 0.15) is 12.2 Å². The zero-order chi connectivity index (χ0) is 12.1. The average Bonchev–Trinajstić information content (AvgIpc) is 2.16. The van der Waals surface area contributed by atoms with Crippen molar-refractivity contribution in [2.24, 2.45) is 0 Å². The molecule has 2 N–H and O–H groups in total. The molecule has 0 fully saturated rings. The minimum atomic E-state index is -1.36. The van der Waals surface area contributed by atoms with Crippen molar-refractivity contribution in [2.75, 3.05) is 0 Å². The van der Waals surface area contributed by atoms with Crippen molar-refractivity contribution in [2.45, 2.75) is 6.42 Å². The predicted octanol–water partition coefficient (Wildman–Crippen LogP) is 1.35. The van der Waals surface area contributed by atoms with E-state index in [1.54, 1.807) is 0 Å². The Hall–Kier alpha value is -2.35. The van der Waals surface area contributed by atoms with Crippen LogP contribution in [-0.2, 0) is 4.79 Å². The predicted molar refractivity (Wildman–Crippen MR) is 52.5 cm³/mol. The number of benzene rings is 1. The number of carbonyl (C=O) groups is 2. The summed E-state index contributed by atoms with van der Waals surface area (Å²) in [7, 11) is 0. The van der Waals surface area contributed by atoms with Crippen LogP contribution in [0.15, 0.2) is 18.2 Å². The van der Waals surface area contributed by atoms with E-state index in [4.69, 9.17) is 10.2 Å². The second-order valence-corrected chi connectivity index (χ2v) is 2.87. The Morgan fingerprint density at radius 3 is 2.50 bits per heavy atom. The van der Waals surface area contributed by atoms with E-state index >= 15 is 0 Å². The van der Waals surface area contributed by atoms with Crippen LogP contribution in [0.3, 0.4) is 0 Å². The van der Waals surface area contributed by atoms with Gasteiger partial charge in [-0.25, -0.2) is 9.18 Å². The van der Waals surface area contributed by atoms with Crippen molar-refractivity contribution in [1.29, 1.82) is 0 Å². The van der Waals surface area contributed by atoms with E-state index in [2.05, 4.69) is 11.8 Å². The van der Waals surface area contributed by atoms with Gasteiger partial charge in [-0.2, -0.15) is 0 Å². The van der Waals surface area contributed by atoms with Gasteiger partial charge in [-0.3, -0.25) is 4.79 Å². The summed E-state index contributed by atoms with van der Waals surface area (Å²) in [4.78, 5) is 20.6. The van der Waals surface area contributed by atoms with Gasteiger partial charge >= 0.3 is 11.9 Å². The highest BCUT2D eigenvalue weighted by atomic mass is 19.1. The maximum absolute atomic E-state index is 13.1. The van der Waals surface area contributed by atoms with Crippen LogP contribution in [-0.4, -0.2) is 22.2 Å². The SMILES string of the molecule is O=C(O)CC#Cc1ccc(C(=O)O)c(F)c1. The molecule has 82 valence electrons. The second kappa shape index (κ2) is 4.94. The number of aliphatic carboxylic acids is 1. The standard InChI is InChI=1S/C11H7FO4/c12-9-6-7(2-1-3-10(13)14)4-5-8(9)11(15)16/h4-6H,3H2,(H,13,14)(H,15,16). The van der Waals surface area contributed by atoms with E-state index in [1.165, 1.54) is 6.07 Å². The molecule has 0 atom stereocenters. The number of aromatic carboxylic acids is 1. The van der Waals surface area contributed by atoms with E-state index < -0.39 is 23.3 Å². The Labute approximate surface area is 90.3 Å². The van der Waals surface area contributed by atoms with E-state index in [0.29, 0.717) is 0 Å². The average molecular weight is 222 g/mol. The first-order valence-electron chi connectivity index (χ1n) is 4.24. The smallest absolute Gasteiger partial charge is 0.338 e. The quantitative estimate of drug-likeness (QED) is 0.740. The third-order valence-electron chi connectivity index (χ3n) is 1.67. The highest BCUT2D eigenvalue weighted by molar-refractivity contribution is 5.88. The van der Waals surface area contributed by atoms with Crippen molar-refractivity contribution in [1.82, 2.24) is 0 Å². The summed E-state index contributed by atoms with van der Waals surface area (Å²) < 4.78 is 13.1. The molecule has 16 heavy (non-hydrogen) atoms. The van der Waals surface area contributed by atoms with Crippen molar-refractivity contribution in [3.63, 3.8) is 0 Å². The molecule has 0 heterocycles. The van der Waals surface area contributed by atoms with Gasteiger partial charge in [-0.05, 0) is 18.2 Å². The van der Waals surface area contributed by atoms with Gasteiger partial charge in [0.2, 0.25) is 0 Å². The number of carboxylic acids is 2. The Morgan fingerprint density at radius 2 is 2.00 bits per heavy atom. The molecule has 0 saturated carbocycles. The molecule has 0 bridgehead atoms. The summed E-state index contributed by atoms with van der Waals surface area (Å²) >= 11 is 0. The Morgan fingerprint density at radius 1 is 1.31 bits per heavy atom. The molecule has 0 aromatic heterocycles. The zero-order valence-electron chi connectivity index (χ0n) is 8.03. The zero-order valence-corrected chi connectivity index (χ0v) is 8.03. The summed E-state index contributed by atoms with van der Waals surface area (Å²) in [5.74, 6) is 1.41. The number of halogens is 1. The van der Waals surface area contributed by atoms with E-state index in [1.807, 2.05) is 0 Å². The number of hydrogen-bond donors (Lipinski definition) is 2. The monoisotopic (exact) mass is 222 g/mol. The first-order chi connectivity index (χ1) is 7.50. The third-order valence-corrected chi connectivity index (χ3v) is 1.67. The normalized spacial score (nSPS) is 9.06. The molecule has 0 saturated heterocycles. The third kappa shape index (κ3) is 3.10. The molecule has 0 aliphatic rings. The molecule has 0 aliphatic carbocycles. The molecule has 1 aromatic carbocycles. The summed E-state index contributed by atoms with van der Waals surface area (Å²) in [6.07, 6.45) is -0.345. The summed E-state index contributed by atoms with van der Waals surface area (Å²) in [6.45, 7) is 0. The summed E-state index contributed by atoms with van der Waals surface area (Å²) in [6, 6.07) is 3.36. The lowest BCUT2D eigenvalue weighted by molar-refractivity contribution is -0.135. The van der Waals surface area contributed by atoms with E-state index in [9.17, 15) is 14.0 Å². The molecule has 0 amide bonds. The number of hydrogen-bond acceptors (Lipinski definition) is 2. The molecular weight excluding hydrogens is 215 g/mol. The molecule has 0 unspecified atom stereocenters. The molecule has 4 nitrogen and oxygen atoms in total. The topological polar surface area (TPSA) is 74.6 Å². The number of carboxylic acid groups (broad SMARTS) is 2. The summed E-state index contributed by atoms with van der Waals surface area (Å²) in [5, 5.41) is 16.9. The minimum absolute atomic E-state index is 0.240. The van der Waals surface area contributed by atoms with Crippen LogP contribution in [0.25, 0.3) is 0 Å². The molecule has 0 spiro atoms. The second-order valence-electron chi connectivity index (χ2n) is 2.87. The molecule has 1 aromatic rings. The molecular formula is C11H7FO4. The maximum atomic E-state index is 13.1. The van der Waals surface area contributed by atoms with Gasteiger partial charge < -0.3 is 10.2 Å². The Balaban J connectivity index is 2.92. The van der Waals surface area contributed by atoms with Gasteiger partial charge in [0.15, 0.2) is 0 Å². The highest BCUT2D eigenvalue weighted by Crippen LogP contribution is 2.09. The number of rotatable bonds is 2. The fraction of sp³-hybridized carbons (Fsp3) is 0.0909. The first kappa shape index (κ1) is 11.7. The lowest BCUT2D eigenvalue weighted by Crippen LogP contribution is -2.00. The van der Waals surface area contributed by atoms with Gasteiger partial charge in [-0.1, -0.05) is 11.8 Å². The van der Waals surface area contributed by atoms with Gasteiger partial charge in [0, 0.05) is 5.56 Å². The Bertz CT molecular complexity index is 496. The molecule has 0 aliphatic heterocycles. The largest absolute Gasteiger partial charge is 0.481 e. The highest BCUT2D eigenvalue weighted by Gasteiger charge is 2.09. The Kier molecular flexibility index (Phi) is 3.62. The van der Waals surface area contributed by atoms with Crippen LogP contribution in [0.1, 0.15) is 22.3 Å². The maximum Gasteiger partial charge on any atom is 0.338 e. The lowest BCUT2D eigenvalue weighted by atomic mass is 10.1. The van der Waals surface area contributed by atoms with Crippen LogP contribution >= 0.6 is 0 Å².